The van der Waals surface area contributed by atoms with Gasteiger partial charge in [0, 0.05) is 17.3 Å². The second kappa shape index (κ2) is 7.19. The minimum Gasteiger partial charge on any atom is -0.489 e. The molecule has 1 amide bonds. The van der Waals surface area contributed by atoms with Crippen LogP contribution in [0.4, 0.5) is 5.69 Å². The van der Waals surface area contributed by atoms with Gasteiger partial charge in [-0.05, 0) is 42.0 Å². The number of nitrogens with one attached hydrogen (secondary N) is 1. The first kappa shape index (κ1) is 16.0. The summed E-state index contributed by atoms with van der Waals surface area (Å²) in [7, 11) is 0. The van der Waals surface area contributed by atoms with Gasteiger partial charge < -0.3 is 19.5 Å². The van der Waals surface area contributed by atoms with Crippen LogP contribution in [0.15, 0.2) is 72.8 Å². The molecule has 1 heterocycles. The topological polar surface area (TPSA) is 56.8 Å². The third-order valence-corrected chi connectivity index (χ3v) is 3.97. The molecule has 26 heavy (non-hydrogen) atoms. The Kier molecular flexibility index (Phi) is 4.43. The molecule has 3 aromatic carbocycles. The lowest BCUT2D eigenvalue weighted by molar-refractivity contribution is 0.102. The molecule has 0 aromatic heterocycles. The van der Waals surface area contributed by atoms with Crippen LogP contribution in [0.3, 0.4) is 0 Å². The Hall–Kier alpha value is -3.47. The highest BCUT2D eigenvalue weighted by Gasteiger charge is 2.13. The van der Waals surface area contributed by atoms with Gasteiger partial charge in [0.2, 0.25) is 6.79 Å². The molecule has 5 heteroatoms. The summed E-state index contributed by atoms with van der Waals surface area (Å²) in [6, 6.07) is 22.2. The molecular formula is C21H17NO4. The van der Waals surface area contributed by atoms with Crippen LogP contribution < -0.4 is 19.5 Å². The summed E-state index contributed by atoms with van der Waals surface area (Å²) in [5.41, 5.74) is 2.30. The Labute approximate surface area is 151 Å². The molecule has 4 rings (SSSR count). The van der Waals surface area contributed by atoms with Crippen molar-refractivity contribution in [3.05, 3.63) is 83.9 Å². The van der Waals surface area contributed by atoms with E-state index < -0.39 is 0 Å². The number of benzene rings is 3. The Morgan fingerprint density at radius 1 is 0.923 bits per heavy atom. The molecule has 0 fully saturated rings. The molecule has 0 bridgehead atoms. The van der Waals surface area contributed by atoms with Crippen LogP contribution in [-0.2, 0) is 6.61 Å². The summed E-state index contributed by atoms with van der Waals surface area (Å²) in [5, 5.41) is 2.90. The molecule has 3 aromatic rings. The van der Waals surface area contributed by atoms with Gasteiger partial charge >= 0.3 is 0 Å². The number of hydrogen-bond donors (Lipinski definition) is 1. The van der Waals surface area contributed by atoms with Crippen molar-refractivity contribution in [3.63, 3.8) is 0 Å². The maximum atomic E-state index is 12.2. The smallest absolute Gasteiger partial charge is 0.255 e. The summed E-state index contributed by atoms with van der Waals surface area (Å²) in [6.45, 7) is 0.622. The van der Waals surface area contributed by atoms with Gasteiger partial charge in [-0.25, -0.2) is 0 Å². The molecule has 0 saturated carbocycles. The number of amides is 1. The third-order valence-electron chi connectivity index (χ3n) is 3.97. The van der Waals surface area contributed by atoms with Crippen LogP contribution in [0, 0.1) is 0 Å². The lowest BCUT2D eigenvalue weighted by Gasteiger charge is -2.10. The lowest BCUT2D eigenvalue weighted by atomic mass is 10.2. The van der Waals surface area contributed by atoms with Gasteiger partial charge in [0.05, 0.1) is 0 Å². The fourth-order valence-electron chi connectivity index (χ4n) is 2.66. The molecule has 130 valence electrons. The zero-order valence-electron chi connectivity index (χ0n) is 14.0. The number of hydrogen-bond acceptors (Lipinski definition) is 4. The Balaban J connectivity index is 1.40. The van der Waals surface area contributed by atoms with Crippen LogP contribution in [0.25, 0.3) is 0 Å². The summed E-state index contributed by atoms with van der Waals surface area (Å²) in [5.74, 6) is 1.97. The maximum Gasteiger partial charge on any atom is 0.255 e. The van der Waals surface area contributed by atoms with Crippen molar-refractivity contribution in [3.8, 4) is 17.2 Å². The van der Waals surface area contributed by atoms with Crippen LogP contribution in [0.5, 0.6) is 17.2 Å². The molecule has 1 aliphatic heterocycles. The minimum absolute atomic E-state index is 0.139. The zero-order valence-corrected chi connectivity index (χ0v) is 14.0. The van der Waals surface area contributed by atoms with Crippen molar-refractivity contribution >= 4 is 11.6 Å². The molecule has 5 nitrogen and oxygen atoms in total. The van der Waals surface area contributed by atoms with E-state index in [4.69, 9.17) is 14.2 Å². The molecule has 0 saturated heterocycles. The van der Waals surface area contributed by atoms with Crippen molar-refractivity contribution in [2.24, 2.45) is 0 Å². The average molecular weight is 347 g/mol. The highest BCUT2D eigenvalue weighted by Crippen LogP contribution is 2.35. The van der Waals surface area contributed by atoms with E-state index >= 15 is 0 Å². The fourth-order valence-corrected chi connectivity index (χ4v) is 2.66. The predicted molar refractivity (Wildman–Crippen MR) is 97.7 cm³/mol. The lowest BCUT2D eigenvalue weighted by Crippen LogP contribution is -2.11. The second-order valence-electron chi connectivity index (χ2n) is 5.82. The van der Waals surface area contributed by atoms with Gasteiger partial charge in [-0.1, -0.05) is 30.3 Å². The molecule has 0 unspecified atom stereocenters. The predicted octanol–water partition coefficient (Wildman–Crippen LogP) is 4.25. The first-order valence-corrected chi connectivity index (χ1v) is 8.26. The van der Waals surface area contributed by atoms with Crippen molar-refractivity contribution in [2.45, 2.75) is 6.61 Å². The number of fused-ring (bicyclic) bond motifs is 1. The summed E-state index contributed by atoms with van der Waals surface area (Å²) < 4.78 is 16.4. The number of carbonyl (C=O) groups is 1. The second-order valence-corrected chi connectivity index (χ2v) is 5.82. The number of carbonyl (C=O) groups excluding carboxylic acids is 1. The average Bonchev–Trinajstić information content (AvgIpc) is 3.15. The van der Waals surface area contributed by atoms with Crippen molar-refractivity contribution in [2.75, 3.05) is 12.1 Å². The first-order chi connectivity index (χ1) is 12.8. The van der Waals surface area contributed by atoms with Gasteiger partial charge in [0.15, 0.2) is 11.5 Å². The molecule has 1 N–H and O–H groups in total. The number of anilines is 1. The molecule has 0 radical (unpaired) electrons. The number of ether oxygens (including phenoxy) is 3. The van der Waals surface area contributed by atoms with E-state index in [-0.39, 0.29) is 12.7 Å². The van der Waals surface area contributed by atoms with Crippen LogP contribution in [0.1, 0.15) is 15.9 Å². The van der Waals surface area contributed by atoms with Gasteiger partial charge in [-0.2, -0.15) is 0 Å². The fraction of sp³-hybridized carbons (Fsp3) is 0.0952. The first-order valence-electron chi connectivity index (χ1n) is 8.26. The van der Waals surface area contributed by atoms with Gasteiger partial charge in [-0.15, -0.1) is 0 Å². The van der Waals surface area contributed by atoms with Crippen molar-refractivity contribution < 1.29 is 19.0 Å². The SMILES string of the molecule is O=C(Nc1cccc(COc2ccc3c(c2)OCO3)c1)c1ccccc1. The van der Waals surface area contributed by atoms with Crippen LogP contribution >= 0.6 is 0 Å². The number of rotatable bonds is 5. The third kappa shape index (κ3) is 3.62. The van der Waals surface area contributed by atoms with E-state index in [1.807, 2.05) is 60.7 Å². The van der Waals surface area contributed by atoms with Gasteiger partial charge in [0.1, 0.15) is 12.4 Å². The molecule has 0 aliphatic carbocycles. The Bertz CT molecular complexity index is 924. The largest absolute Gasteiger partial charge is 0.489 e. The van der Waals surface area contributed by atoms with Crippen LogP contribution in [-0.4, -0.2) is 12.7 Å². The summed E-state index contributed by atoms with van der Waals surface area (Å²) >= 11 is 0. The maximum absolute atomic E-state index is 12.2. The van der Waals surface area contributed by atoms with Gasteiger partial charge in [-0.3, -0.25) is 4.79 Å². The monoisotopic (exact) mass is 347 g/mol. The summed E-state index contributed by atoms with van der Waals surface area (Å²) in [6.07, 6.45) is 0. The summed E-state index contributed by atoms with van der Waals surface area (Å²) in [4.78, 5) is 12.2. The van der Waals surface area contributed by atoms with E-state index in [0.717, 1.165) is 17.0 Å². The molecular weight excluding hydrogens is 330 g/mol. The molecule has 1 aliphatic rings. The normalized spacial score (nSPS) is 11.8. The Morgan fingerprint density at radius 2 is 1.77 bits per heavy atom. The van der Waals surface area contributed by atoms with E-state index in [1.165, 1.54) is 0 Å². The Morgan fingerprint density at radius 3 is 2.65 bits per heavy atom. The van der Waals surface area contributed by atoms with E-state index in [2.05, 4.69) is 5.32 Å². The standard InChI is InChI=1S/C21H17NO4/c23-21(16-6-2-1-3-7-16)22-17-8-4-5-15(11-17)13-24-18-9-10-19-20(12-18)26-14-25-19/h1-12H,13-14H2,(H,22,23). The minimum atomic E-state index is -0.139. The highest BCUT2D eigenvalue weighted by atomic mass is 16.7. The zero-order chi connectivity index (χ0) is 17.8. The van der Waals surface area contributed by atoms with Crippen molar-refractivity contribution in [1.29, 1.82) is 0 Å². The van der Waals surface area contributed by atoms with E-state index in [9.17, 15) is 4.79 Å². The van der Waals surface area contributed by atoms with Crippen molar-refractivity contribution in [1.82, 2.24) is 0 Å². The highest BCUT2D eigenvalue weighted by molar-refractivity contribution is 6.04. The molecule has 0 atom stereocenters. The molecule has 0 spiro atoms. The van der Waals surface area contributed by atoms with Crippen LogP contribution in [0.2, 0.25) is 0 Å². The van der Waals surface area contributed by atoms with Gasteiger partial charge in [0.25, 0.3) is 5.91 Å². The van der Waals surface area contributed by atoms with E-state index in [1.54, 1.807) is 12.1 Å². The quantitative estimate of drug-likeness (QED) is 0.750. The van der Waals surface area contributed by atoms with E-state index in [0.29, 0.717) is 23.7 Å².